The molecular formula is C34H45N5O5. The summed E-state index contributed by atoms with van der Waals surface area (Å²) >= 11 is 0. The summed E-state index contributed by atoms with van der Waals surface area (Å²) in [6.45, 7) is 12.2. The predicted octanol–water partition coefficient (Wildman–Crippen LogP) is 3.93. The summed E-state index contributed by atoms with van der Waals surface area (Å²) in [5.41, 5.74) is 5.28. The summed E-state index contributed by atoms with van der Waals surface area (Å²) in [6.07, 6.45) is 2.56. The zero-order valence-electron chi connectivity index (χ0n) is 26.4. The van der Waals surface area contributed by atoms with E-state index < -0.39 is 29.6 Å². The fourth-order valence-electron chi connectivity index (χ4n) is 5.50. The molecule has 0 saturated carbocycles. The van der Waals surface area contributed by atoms with E-state index in [-0.39, 0.29) is 23.8 Å². The Bertz CT molecular complexity index is 1500. The number of carbonyl (C=O) groups excluding carboxylic acids is 2. The van der Waals surface area contributed by atoms with Gasteiger partial charge in [0.25, 0.3) is 0 Å². The number of aliphatic hydroxyl groups is 1. The van der Waals surface area contributed by atoms with Gasteiger partial charge in [-0.15, -0.1) is 0 Å². The molecule has 10 heteroatoms. The molecule has 0 aliphatic carbocycles. The van der Waals surface area contributed by atoms with Crippen LogP contribution in [0.5, 0.6) is 0 Å². The molecule has 44 heavy (non-hydrogen) atoms. The number of pyridine rings is 1. The van der Waals surface area contributed by atoms with Gasteiger partial charge in [0.05, 0.1) is 17.2 Å². The number of hydrogen-bond acceptors (Lipinski definition) is 7. The molecule has 0 spiro atoms. The smallest absolute Gasteiger partial charge is 0.322 e. The number of carboxylic acid groups (broad SMARTS) is 1. The van der Waals surface area contributed by atoms with E-state index >= 15 is 0 Å². The van der Waals surface area contributed by atoms with Crippen LogP contribution in [0.3, 0.4) is 0 Å². The molecule has 2 aromatic carbocycles. The van der Waals surface area contributed by atoms with Gasteiger partial charge in [0.1, 0.15) is 12.1 Å². The van der Waals surface area contributed by atoms with Crippen molar-refractivity contribution in [2.75, 3.05) is 13.1 Å². The number of aromatic nitrogens is 1. The number of hydrogen-bond donors (Lipinski definition) is 5. The number of hydrazine groups is 1. The molecule has 4 rings (SSSR count). The maximum atomic E-state index is 13.7. The minimum atomic E-state index is -0.949. The van der Waals surface area contributed by atoms with Crippen LogP contribution in [0.4, 0.5) is 0 Å². The van der Waals surface area contributed by atoms with Crippen LogP contribution in [0.2, 0.25) is 0 Å². The van der Waals surface area contributed by atoms with Gasteiger partial charge in [0.15, 0.2) is 0 Å². The number of carboxylic acids is 1. The number of aliphatic hydroxyl groups excluding tert-OH is 1. The summed E-state index contributed by atoms with van der Waals surface area (Å²) in [4.78, 5) is 43.1. The van der Waals surface area contributed by atoms with Crippen molar-refractivity contribution in [1.82, 2.24) is 26.1 Å². The maximum Gasteiger partial charge on any atom is 0.322 e. The third kappa shape index (κ3) is 7.80. The average molecular weight is 604 g/mol. The van der Waals surface area contributed by atoms with Crippen LogP contribution in [0, 0.1) is 5.92 Å². The fourth-order valence-corrected chi connectivity index (χ4v) is 5.50. The van der Waals surface area contributed by atoms with E-state index in [0.717, 1.165) is 39.6 Å². The van der Waals surface area contributed by atoms with Gasteiger partial charge in [0, 0.05) is 36.3 Å². The van der Waals surface area contributed by atoms with E-state index in [9.17, 15) is 24.6 Å². The van der Waals surface area contributed by atoms with Gasteiger partial charge in [-0.1, -0.05) is 44.2 Å². The SMILES string of the molecule is CC(C)[C@H](NC(=O)C(C)(C)c1cccc(-c2cc3cc([C@@H](C)O)ccc3cn2)c1)C(=O)N[C@@H](C)CN1CCC[C@@H](C(=O)O)N1. The van der Waals surface area contributed by atoms with Gasteiger partial charge in [0.2, 0.25) is 11.8 Å². The molecule has 236 valence electrons. The number of nitrogens with zero attached hydrogens (tertiary/aromatic N) is 2. The highest BCUT2D eigenvalue weighted by molar-refractivity contribution is 5.93. The molecule has 0 bridgehead atoms. The van der Waals surface area contributed by atoms with Crippen LogP contribution in [0.25, 0.3) is 22.0 Å². The topological polar surface area (TPSA) is 144 Å². The average Bonchev–Trinajstić information content (AvgIpc) is 2.98. The zero-order valence-corrected chi connectivity index (χ0v) is 26.4. The lowest BCUT2D eigenvalue weighted by molar-refractivity contribution is -0.142. The molecule has 1 aromatic heterocycles. The second kappa shape index (κ2) is 13.8. The van der Waals surface area contributed by atoms with E-state index in [2.05, 4.69) is 21.0 Å². The van der Waals surface area contributed by atoms with E-state index in [1.54, 1.807) is 13.1 Å². The van der Waals surface area contributed by atoms with Crippen molar-refractivity contribution in [3.05, 3.63) is 65.9 Å². The predicted molar refractivity (Wildman–Crippen MR) is 171 cm³/mol. The van der Waals surface area contributed by atoms with E-state index in [4.69, 9.17) is 0 Å². The third-order valence-electron chi connectivity index (χ3n) is 8.35. The van der Waals surface area contributed by atoms with Crippen LogP contribution in [-0.2, 0) is 19.8 Å². The molecule has 1 fully saturated rings. The van der Waals surface area contributed by atoms with Gasteiger partial charge < -0.3 is 20.8 Å². The van der Waals surface area contributed by atoms with Gasteiger partial charge in [-0.25, -0.2) is 10.4 Å². The van der Waals surface area contributed by atoms with Crippen LogP contribution in [-0.4, -0.2) is 69.2 Å². The minimum Gasteiger partial charge on any atom is -0.480 e. The number of nitrogens with one attached hydrogen (secondary N) is 3. The van der Waals surface area contributed by atoms with Crippen molar-refractivity contribution in [3.8, 4) is 11.3 Å². The first-order chi connectivity index (χ1) is 20.8. The Balaban J connectivity index is 1.46. The van der Waals surface area contributed by atoms with E-state index in [0.29, 0.717) is 19.5 Å². The Morgan fingerprint density at radius 1 is 1.05 bits per heavy atom. The summed E-state index contributed by atoms with van der Waals surface area (Å²) in [7, 11) is 0. The number of rotatable bonds is 11. The van der Waals surface area contributed by atoms with Crippen molar-refractivity contribution in [3.63, 3.8) is 0 Å². The van der Waals surface area contributed by atoms with Crippen molar-refractivity contribution >= 4 is 28.6 Å². The largest absolute Gasteiger partial charge is 0.480 e. The Morgan fingerprint density at radius 2 is 1.80 bits per heavy atom. The first-order valence-corrected chi connectivity index (χ1v) is 15.3. The number of carbonyl (C=O) groups is 3. The monoisotopic (exact) mass is 603 g/mol. The maximum absolute atomic E-state index is 13.7. The van der Waals surface area contributed by atoms with Gasteiger partial charge in [-0.2, -0.15) is 0 Å². The number of aliphatic carboxylic acids is 1. The van der Waals surface area contributed by atoms with Crippen LogP contribution in [0.1, 0.15) is 71.6 Å². The number of fused-ring (bicyclic) bond motifs is 1. The lowest BCUT2D eigenvalue weighted by atomic mass is 9.82. The van der Waals surface area contributed by atoms with Crippen LogP contribution in [0.15, 0.2) is 54.7 Å². The second-order valence-electron chi connectivity index (χ2n) is 12.8. The summed E-state index contributed by atoms with van der Waals surface area (Å²) in [6, 6.07) is 13.8. The van der Waals surface area contributed by atoms with E-state index in [1.165, 1.54) is 0 Å². The molecule has 2 amide bonds. The van der Waals surface area contributed by atoms with Gasteiger partial charge >= 0.3 is 5.97 Å². The highest BCUT2D eigenvalue weighted by Gasteiger charge is 2.35. The molecular weight excluding hydrogens is 558 g/mol. The molecule has 0 unspecified atom stereocenters. The van der Waals surface area contributed by atoms with Crippen molar-refractivity contribution in [2.24, 2.45) is 5.92 Å². The number of amides is 2. The first kappa shape index (κ1) is 33.0. The molecule has 2 heterocycles. The lowest BCUT2D eigenvalue weighted by Crippen LogP contribution is -2.58. The molecule has 5 N–H and O–H groups in total. The second-order valence-corrected chi connectivity index (χ2v) is 12.8. The van der Waals surface area contributed by atoms with Crippen molar-refractivity contribution in [1.29, 1.82) is 0 Å². The molecule has 10 nitrogen and oxygen atoms in total. The first-order valence-electron chi connectivity index (χ1n) is 15.3. The van der Waals surface area contributed by atoms with Crippen LogP contribution < -0.4 is 16.1 Å². The summed E-state index contributed by atoms with van der Waals surface area (Å²) in [5.74, 6) is -1.60. The van der Waals surface area contributed by atoms with Crippen molar-refractivity contribution in [2.45, 2.75) is 84.0 Å². The Labute approximate surface area is 259 Å². The quantitative estimate of drug-likeness (QED) is 0.222. The molecule has 0 radical (unpaired) electrons. The highest BCUT2D eigenvalue weighted by atomic mass is 16.4. The Kier molecular flexibility index (Phi) is 10.4. The lowest BCUT2D eigenvalue weighted by Gasteiger charge is -2.34. The molecule has 3 aromatic rings. The molecule has 1 aliphatic heterocycles. The minimum absolute atomic E-state index is 0.161. The van der Waals surface area contributed by atoms with Gasteiger partial charge in [-0.3, -0.25) is 19.4 Å². The third-order valence-corrected chi connectivity index (χ3v) is 8.35. The van der Waals surface area contributed by atoms with Crippen LogP contribution >= 0.6 is 0 Å². The normalized spacial score (nSPS) is 18.0. The van der Waals surface area contributed by atoms with Crippen molar-refractivity contribution < 1.29 is 24.6 Å². The Hall–Kier alpha value is -3.86. The highest BCUT2D eigenvalue weighted by Crippen LogP contribution is 2.30. The Morgan fingerprint density at radius 3 is 2.48 bits per heavy atom. The zero-order chi connectivity index (χ0) is 32.2. The summed E-state index contributed by atoms with van der Waals surface area (Å²) in [5, 5.41) is 29.1. The molecule has 1 saturated heterocycles. The fraction of sp³-hybridized carbons (Fsp3) is 0.471. The summed E-state index contributed by atoms with van der Waals surface area (Å²) < 4.78 is 0. The number of benzene rings is 2. The molecule has 4 atom stereocenters. The molecule has 1 aliphatic rings. The van der Waals surface area contributed by atoms with Gasteiger partial charge in [-0.05, 0) is 81.2 Å². The van der Waals surface area contributed by atoms with E-state index in [1.807, 2.05) is 88.2 Å². The standard InChI is InChI=1S/C34H45N5O5/c1-20(2)30(31(41)36-21(3)19-39-14-8-11-28(38-39)32(42)43)37-33(44)34(5,6)27-10-7-9-24(16-27)29-17-26-15-23(22(4)40)12-13-25(26)18-35-29/h7,9-10,12-13,15-18,20-22,28,30,38,40H,8,11,14,19H2,1-6H3,(H,36,41)(H,37,44)(H,42,43)/t21-,22+,28-,30-/m0/s1.